The maximum Gasteiger partial charge on any atom is 0.307 e. The number of oxazole rings is 1. The van der Waals surface area contributed by atoms with Crippen LogP contribution in [0.3, 0.4) is 0 Å². The van der Waals surface area contributed by atoms with Gasteiger partial charge in [-0.2, -0.15) is 4.98 Å². The summed E-state index contributed by atoms with van der Waals surface area (Å²) in [6.45, 7) is 0. The first-order valence-corrected chi connectivity index (χ1v) is 12.9. The molecule has 36 heavy (non-hydrogen) atoms. The number of hydrogen-bond acceptors (Lipinski definition) is 4. The molecular weight excluding hydrogens is 464 g/mol. The molecule has 1 aliphatic heterocycles. The molecule has 9 rings (SSSR count). The molecular formula is C31H18N2O2S. The number of ether oxygens (including phenoxy) is 1. The molecule has 0 N–H and O–H groups in total. The molecule has 5 heteroatoms. The van der Waals surface area contributed by atoms with Crippen molar-refractivity contribution < 1.29 is 9.15 Å². The summed E-state index contributed by atoms with van der Waals surface area (Å²) >= 11 is 1.83. The van der Waals surface area contributed by atoms with E-state index in [0.29, 0.717) is 6.01 Å². The maximum absolute atomic E-state index is 6.53. The monoisotopic (exact) mass is 482 g/mol. The third kappa shape index (κ3) is 2.31. The fourth-order valence-corrected chi connectivity index (χ4v) is 7.31. The van der Waals surface area contributed by atoms with E-state index in [1.165, 1.54) is 36.5 Å². The van der Waals surface area contributed by atoms with Crippen LogP contribution in [-0.4, -0.2) is 15.7 Å². The van der Waals surface area contributed by atoms with Crippen molar-refractivity contribution in [3.05, 3.63) is 108 Å². The summed E-state index contributed by atoms with van der Waals surface area (Å²) in [6.07, 6.45) is 4.06. The molecule has 4 nitrogen and oxygen atoms in total. The van der Waals surface area contributed by atoms with Crippen LogP contribution in [0.4, 0.5) is 0 Å². The number of benzene rings is 4. The lowest BCUT2D eigenvalue weighted by Crippen LogP contribution is -2.20. The van der Waals surface area contributed by atoms with Gasteiger partial charge in [0, 0.05) is 31.8 Å². The van der Waals surface area contributed by atoms with Crippen LogP contribution in [0, 0.1) is 0 Å². The van der Waals surface area contributed by atoms with Crippen molar-refractivity contribution in [3.63, 3.8) is 0 Å². The molecule has 4 heterocycles. The van der Waals surface area contributed by atoms with Crippen LogP contribution < -0.4 is 4.74 Å². The average molecular weight is 483 g/mol. The second-order valence-electron chi connectivity index (χ2n) is 9.49. The van der Waals surface area contributed by atoms with Crippen LogP contribution in [0.1, 0.15) is 22.9 Å². The van der Waals surface area contributed by atoms with Gasteiger partial charge in [0.1, 0.15) is 17.5 Å². The number of fused-ring (bicyclic) bond motifs is 12. The molecule has 2 atom stereocenters. The Morgan fingerprint density at radius 2 is 1.58 bits per heavy atom. The third-order valence-electron chi connectivity index (χ3n) is 7.62. The minimum atomic E-state index is -0.0553. The van der Waals surface area contributed by atoms with E-state index in [1.54, 1.807) is 0 Å². The lowest BCUT2D eigenvalue weighted by molar-refractivity contribution is 0.265. The fraction of sp³-hybridized carbons (Fsp3) is 0.0645. The Morgan fingerprint density at radius 1 is 0.778 bits per heavy atom. The van der Waals surface area contributed by atoms with Crippen LogP contribution in [-0.2, 0) is 0 Å². The number of nitrogens with zero attached hydrogens (tertiary/aromatic N) is 2. The summed E-state index contributed by atoms with van der Waals surface area (Å²) in [5.41, 5.74) is 4.36. The molecule has 0 radical (unpaired) electrons. The van der Waals surface area contributed by atoms with Gasteiger partial charge in [-0.1, -0.05) is 66.7 Å². The molecule has 0 spiro atoms. The molecule has 4 aromatic carbocycles. The van der Waals surface area contributed by atoms with E-state index < -0.39 is 0 Å². The SMILES string of the molecule is C1=CC2Oc3ccccc3C2c2nc(-n3c4ccccc4c4ccc5c6ccccc6sc5c43)oc21. The van der Waals surface area contributed by atoms with Crippen LogP contribution >= 0.6 is 11.3 Å². The van der Waals surface area contributed by atoms with Crippen LogP contribution in [0.15, 0.2) is 95.4 Å². The minimum absolute atomic E-state index is 0.0381. The van der Waals surface area contributed by atoms with Gasteiger partial charge in [-0.25, -0.2) is 0 Å². The van der Waals surface area contributed by atoms with E-state index in [2.05, 4.69) is 83.4 Å². The highest BCUT2D eigenvalue weighted by molar-refractivity contribution is 7.26. The summed E-state index contributed by atoms with van der Waals surface area (Å²) < 4.78 is 17.5. The molecule has 2 aliphatic rings. The fourth-order valence-electron chi connectivity index (χ4n) is 6.07. The van der Waals surface area contributed by atoms with Gasteiger partial charge in [0.15, 0.2) is 5.76 Å². The Kier molecular flexibility index (Phi) is 3.49. The number of hydrogen-bond donors (Lipinski definition) is 0. The van der Waals surface area contributed by atoms with Gasteiger partial charge in [-0.15, -0.1) is 11.3 Å². The average Bonchev–Trinajstić information content (AvgIpc) is 3.67. The zero-order valence-electron chi connectivity index (χ0n) is 19.0. The van der Waals surface area contributed by atoms with E-state index in [1.807, 2.05) is 29.5 Å². The Morgan fingerprint density at radius 3 is 2.56 bits per heavy atom. The van der Waals surface area contributed by atoms with Gasteiger partial charge < -0.3 is 9.15 Å². The summed E-state index contributed by atoms with van der Waals surface area (Å²) in [7, 11) is 0. The van der Waals surface area contributed by atoms with Crippen LogP contribution in [0.25, 0.3) is 54.1 Å². The Balaban J connectivity index is 1.37. The van der Waals surface area contributed by atoms with Gasteiger partial charge in [-0.3, -0.25) is 4.57 Å². The first-order valence-electron chi connectivity index (χ1n) is 12.1. The van der Waals surface area contributed by atoms with Crippen LogP contribution in [0.5, 0.6) is 5.75 Å². The normalized spacial score (nSPS) is 18.1. The zero-order chi connectivity index (χ0) is 23.4. The van der Waals surface area contributed by atoms with Crippen molar-refractivity contribution in [1.82, 2.24) is 9.55 Å². The van der Waals surface area contributed by atoms with Gasteiger partial charge in [0.05, 0.1) is 21.7 Å². The molecule has 170 valence electrons. The molecule has 0 bridgehead atoms. The Labute approximate surface area is 209 Å². The summed E-state index contributed by atoms with van der Waals surface area (Å²) in [5, 5.41) is 4.96. The predicted molar refractivity (Wildman–Crippen MR) is 145 cm³/mol. The molecule has 0 fully saturated rings. The molecule has 3 aromatic heterocycles. The second kappa shape index (κ2) is 6.65. The first-order chi connectivity index (χ1) is 17.8. The van der Waals surface area contributed by atoms with Crippen molar-refractivity contribution in [2.24, 2.45) is 0 Å². The van der Waals surface area contributed by atoms with Crippen molar-refractivity contribution in [1.29, 1.82) is 0 Å². The molecule has 0 saturated heterocycles. The molecule has 0 saturated carbocycles. The highest BCUT2D eigenvalue weighted by Gasteiger charge is 2.40. The van der Waals surface area contributed by atoms with Gasteiger partial charge >= 0.3 is 6.01 Å². The first kappa shape index (κ1) is 18.9. The largest absolute Gasteiger partial charge is 0.485 e. The molecule has 1 aliphatic carbocycles. The lowest BCUT2D eigenvalue weighted by atomic mass is 9.88. The van der Waals surface area contributed by atoms with Crippen molar-refractivity contribution in [2.75, 3.05) is 0 Å². The third-order valence-corrected chi connectivity index (χ3v) is 8.81. The van der Waals surface area contributed by atoms with E-state index in [0.717, 1.165) is 28.2 Å². The van der Waals surface area contributed by atoms with Gasteiger partial charge in [0.25, 0.3) is 0 Å². The Bertz CT molecular complexity index is 2060. The van der Waals surface area contributed by atoms with E-state index in [9.17, 15) is 0 Å². The second-order valence-corrected chi connectivity index (χ2v) is 10.5. The zero-order valence-corrected chi connectivity index (χ0v) is 19.8. The van der Waals surface area contributed by atoms with Crippen molar-refractivity contribution >= 4 is 59.4 Å². The quantitative estimate of drug-likeness (QED) is 0.238. The highest BCUT2D eigenvalue weighted by Crippen LogP contribution is 2.47. The number of para-hydroxylation sites is 2. The van der Waals surface area contributed by atoms with Gasteiger partial charge in [-0.05, 0) is 30.4 Å². The number of rotatable bonds is 1. The number of aromatic nitrogens is 2. The van der Waals surface area contributed by atoms with Crippen molar-refractivity contribution in [3.8, 4) is 11.8 Å². The molecule has 7 aromatic rings. The van der Waals surface area contributed by atoms with E-state index in [-0.39, 0.29) is 12.0 Å². The molecule has 2 unspecified atom stereocenters. The summed E-state index contributed by atoms with van der Waals surface area (Å²) in [5.74, 6) is 1.77. The van der Waals surface area contributed by atoms with E-state index in [4.69, 9.17) is 14.1 Å². The standard InChI is InChI=1S/C31H18N2O2S/c1-4-10-22-17(7-1)19-13-14-20-18-8-3-6-12-26(18)36-30(20)29(19)33(22)31-32-28-25(35-31)16-15-24-27(28)21-9-2-5-11-23(21)34-24/h1-16,24,27H. The Hall–Kier alpha value is -4.35. The van der Waals surface area contributed by atoms with Gasteiger partial charge in [0.2, 0.25) is 0 Å². The van der Waals surface area contributed by atoms with Crippen molar-refractivity contribution in [2.45, 2.75) is 12.0 Å². The summed E-state index contributed by atoms with van der Waals surface area (Å²) in [4.78, 5) is 5.17. The highest BCUT2D eigenvalue weighted by atomic mass is 32.1. The smallest absolute Gasteiger partial charge is 0.307 e. The maximum atomic E-state index is 6.53. The van der Waals surface area contributed by atoms with E-state index >= 15 is 0 Å². The lowest BCUT2D eigenvalue weighted by Gasteiger charge is -2.17. The molecule has 0 amide bonds. The minimum Gasteiger partial charge on any atom is -0.485 e. The van der Waals surface area contributed by atoms with Crippen LogP contribution in [0.2, 0.25) is 0 Å². The predicted octanol–water partition coefficient (Wildman–Crippen LogP) is 8.06. The topological polar surface area (TPSA) is 40.2 Å². The summed E-state index contributed by atoms with van der Waals surface area (Å²) in [6, 6.07) is 30.5. The number of thiophene rings is 1.